The number of anilines is 3. The minimum atomic E-state index is -4.26. The van der Waals surface area contributed by atoms with Gasteiger partial charge in [-0.15, -0.1) is 0 Å². The van der Waals surface area contributed by atoms with E-state index in [4.69, 9.17) is 18.7 Å². The first kappa shape index (κ1) is 28.1. The van der Waals surface area contributed by atoms with Crippen LogP contribution in [0.4, 0.5) is 21.7 Å². The molecule has 2 fully saturated rings. The van der Waals surface area contributed by atoms with Crippen molar-refractivity contribution in [2.75, 3.05) is 44.5 Å². The Bertz CT molecular complexity index is 1680. The Labute approximate surface area is 242 Å². The van der Waals surface area contributed by atoms with Crippen LogP contribution in [0.3, 0.4) is 0 Å². The number of aromatic amines is 1. The number of hydrogen-bond donors (Lipinski definition) is 3. The summed E-state index contributed by atoms with van der Waals surface area (Å²) >= 11 is 0. The molecule has 2 aliphatic rings. The quantitative estimate of drug-likeness (QED) is 0.217. The normalized spacial score (nSPS) is 17.8. The zero-order valence-corrected chi connectivity index (χ0v) is 24.4. The predicted molar refractivity (Wildman–Crippen MR) is 154 cm³/mol. The molecule has 1 saturated carbocycles. The van der Waals surface area contributed by atoms with Crippen LogP contribution in [0.1, 0.15) is 42.9 Å². The fourth-order valence-electron chi connectivity index (χ4n) is 5.32. The minimum Gasteiger partial charge on any atom is -0.495 e. The Morgan fingerprint density at radius 2 is 1.79 bits per heavy atom. The zero-order chi connectivity index (χ0) is 29.4. The maximum Gasteiger partial charge on any atom is 0.270 e. The lowest BCUT2D eigenvalue weighted by atomic mass is 10.1. The van der Waals surface area contributed by atoms with Crippen molar-refractivity contribution in [1.29, 1.82) is 0 Å². The van der Waals surface area contributed by atoms with Gasteiger partial charge in [0.1, 0.15) is 23.4 Å². The average molecular weight is 601 g/mol. The molecule has 0 bridgehead atoms. The summed E-state index contributed by atoms with van der Waals surface area (Å²) in [5, 5.41) is 15.0. The summed E-state index contributed by atoms with van der Waals surface area (Å²) in [6, 6.07) is 8.52. The van der Waals surface area contributed by atoms with Crippen LogP contribution < -0.4 is 24.2 Å². The highest BCUT2D eigenvalue weighted by Crippen LogP contribution is 2.41. The third-order valence-corrected chi connectivity index (χ3v) is 8.95. The number of hydrogen-bond acceptors (Lipinski definition) is 10. The first-order valence-electron chi connectivity index (χ1n) is 13.7. The molecular formula is C28H33FN6O6S. The summed E-state index contributed by atoms with van der Waals surface area (Å²) in [5.41, 5.74) is 2.73. The number of ether oxygens (including phenoxy) is 3. The first-order valence-corrected chi connectivity index (χ1v) is 15.2. The van der Waals surface area contributed by atoms with Gasteiger partial charge < -0.3 is 24.1 Å². The van der Waals surface area contributed by atoms with Crippen molar-refractivity contribution in [3.05, 3.63) is 41.6 Å². The number of alkyl halides is 1. The standard InChI is InChI=1S/C28H33FN6O6S/c1-38-23-11-19-22(12-21(23)30-26-13-20(31-32-26)17-6-7-17)41-33-28(19)34-42(36,37)27-24(39-2)9-16(10-25(27)40-3)14-35-8-4-5-18(29)15-35/h9-13,17-18H,4-8,14-15H2,1-3H3,(H,33,34)(H2,30,31,32)/t18-/m0/s1. The molecule has 12 nitrogen and oxygen atoms in total. The van der Waals surface area contributed by atoms with E-state index in [0.29, 0.717) is 53.7 Å². The van der Waals surface area contributed by atoms with Crippen molar-refractivity contribution in [2.24, 2.45) is 0 Å². The molecule has 0 amide bonds. The van der Waals surface area contributed by atoms with Crippen molar-refractivity contribution in [1.82, 2.24) is 20.3 Å². The lowest BCUT2D eigenvalue weighted by molar-refractivity contribution is 0.133. The van der Waals surface area contributed by atoms with Crippen LogP contribution in [-0.4, -0.2) is 69.3 Å². The molecule has 2 aromatic carbocycles. The van der Waals surface area contributed by atoms with Crippen molar-refractivity contribution >= 4 is 38.3 Å². The van der Waals surface area contributed by atoms with E-state index in [1.165, 1.54) is 21.3 Å². The van der Waals surface area contributed by atoms with Gasteiger partial charge in [0.15, 0.2) is 22.1 Å². The Hall–Kier alpha value is -4.04. The molecule has 3 N–H and O–H groups in total. The lowest BCUT2D eigenvalue weighted by Gasteiger charge is -2.29. The van der Waals surface area contributed by atoms with Gasteiger partial charge in [0, 0.05) is 36.8 Å². The zero-order valence-electron chi connectivity index (χ0n) is 23.6. The van der Waals surface area contributed by atoms with Crippen molar-refractivity contribution in [2.45, 2.75) is 49.2 Å². The summed E-state index contributed by atoms with van der Waals surface area (Å²) in [5.74, 6) is 1.74. The number of nitrogens with zero attached hydrogens (tertiary/aromatic N) is 3. The molecule has 0 spiro atoms. The summed E-state index contributed by atoms with van der Waals surface area (Å²) in [6.45, 7) is 1.52. The summed E-state index contributed by atoms with van der Waals surface area (Å²) in [4.78, 5) is 1.80. The summed E-state index contributed by atoms with van der Waals surface area (Å²) in [6.07, 6.45) is 2.74. The number of likely N-dealkylation sites (tertiary alicyclic amines) is 1. The summed E-state index contributed by atoms with van der Waals surface area (Å²) in [7, 11) is 0.0151. The van der Waals surface area contributed by atoms with E-state index in [-0.39, 0.29) is 22.2 Å². The number of fused-ring (bicyclic) bond motifs is 1. The van der Waals surface area contributed by atoms with E-state index in [1.54, 1.807) is 24.3 Å². The number of piperidine rings is 1. The second kappa shape index (κ2) is 11.3. The van der Waals surface area contributed by atoms with Gasteiger partial charge in [-0.3, -0.25) is 14.7 Å². The SMILES string of the molecule is COc1cc2c(NS(=O)(=O)c3c(OC)cc(CN4CCC[C@H](F)C4)cc3OC)noc2cc1Nc1cc(C2CC2)[nH]n1. The monoisotopic (exact) mass is 600 g/mol. The number of nitrogens with one attached hydrogen (secondary N) is 3. The van der Waals surface area contributed by atoms with Gasteiger partial charge in [-0.1, -0.05) is 5.16 Å². The molecule has 0 unspecified atom stereocenters. The van der Waals surface area contributed by atoms with Crippen molar-refractivity contribution in [3.63, 3.8) is 0 Å². The molecule has 0 radical (unpaired) electrons. The average Bonchev–Trinajstić information content (AvgIpc) is 3.61. The number of methoxy groups -OCH3 is 3. The van der Waals surface area contributed by atoms with Gasteiger partial charge in [0.05, 0.1) is 32.4 Å². The number of sulfonamides is 1. The molecular weight excluding hydrogens is 567 g/mol. The van der Waals surface area contributed by atoms with Crippen LogP contribution in [0.25, 0.3) is 11.0 Å². The molecule has 4 aromatic rings. The molecule has 42 heavy (non-hydrogen) atoms. The van der Waals surface area contributed by atoms with Gasteiger partial charge in [0.2, 0.25) is 0 Å². The highest BCUT2D eigenvalue weighted by atomic mass is 32.2. The molecule has 1 aliphatic carbocycles. The largest absolute Gasteiger partial charge is 0.495 e. The molecule has 224 valence electrons. The van der Waals surface area contributed by atoms with Crippen molar-refractivity contribution in [3.8, 4) is 17.2 Å². The molecule has 3 heterocycles. The van der Waals surface area contributed by atoms with Crippen LogP contribution in [0, 0.1) is 0 Å². The third kappa shape index (κ3) is 5.68. The Morgan fingerprint density at radius 3 is 2.45 bits per heavy atom. The maximum absolute atomic E-state index is 13.9. The van der Waals surface area contributed by atoms with Gasteiger partial charge in [-0.05, 0) is 56.0 Å². The van der Waals surface area contributed by atoms with E-state index in [2.05, 4.69) is 25.4 Å². The molecule has 1 saturated heterocycles. The van der Waals surface area contributed by atoms with Gasteiger partial charge in [-0.25, -0.2) is 12.8 Å². The topological polar surface area (TPSA) is 144 Å². The Morgan fingerprint density at radius 1 is 1.05 bits per heavy atom. The van der Waals surface area contributed by atoms with Crippen molar-refractivity contribution < 1.29 is 31.5 Å². The number of halogens is 1. The van der Waals surface area contributed by atoms with E-state index in [1.807, 2.05) is 11.0 Å². The molecule has 6 rings (SSSR count). The van der Waals surface area contributed by atoms with Crippen LogP contribution in [0.5, 0.6) is 17.2 Å². The van der Waals surface area contributed by atoms with Gasteiger partial charge in [-0.2, -0.15) is 5.10 Å². The number of aromatic nitrogens is 3. The van der Waals surface area contributed by atoms with Crippen LogP contribution >= 0.6 is 0 Å². The van der Waals surface area contributed by atoms with Crippen LogP contribution in [0.2, 0.25) is 0 Å². The molecule has 1 atom stereocenters. The van der Waals surface area contributed by atoms with Crippen LogP contribution in [0.15, 0.2) is 39.8 Å². The van der Waals surface area contributed by atoms with E-state index in [0.717, 1.165) is 37.1 Å². The van der Waals surface area contributed by atoms with Gasteiger partial charge in [0.25, 0.3) is 10.0 Å². The predicted octanol–water partition coefficient (Wildman–Crippen LogP) is 4.93. The lowest BCUT2D eigenvalue weighted by Crippen LogP contribution is -2.35. The fourth-order valence-corrected chi connectivity index (χ4v) is 6.63. The number of benzene rings is 2. The third-order valence-electron chi connectivity index (χ3n) is 7.54. The fraction of sp³-hybridized carbons (Fsp3) is 0.429. The Kier molecular flexibility index (Phi) is 7.58. The maximum atomic E-state index is 13.9. The number of H-pyrrole nitrogens is 1. The second-order valence-corrected chi connectivity index (χ2v) is 12.2. The highest BCUT2D eigenvalue weighted by molar-refractivity contribution is 7.93. The molecule has 1 aliphatic heterocycles. The number of rotatable bonds is 11. The minimum absolute atomic E-state index is 0.0267. The highest BCUT2D eigenvalue weighted by Gasteiger charge is 2.30. The molecule has 14 heteroatoms. The summed E-state index contributed by atoms with van der Waals surface area (Å²) < 4.78 is 65.9. The van der Waals surface area contributed by atoms with E-state index >= 15 is 0 Å². The second-order valence-electron chi connectivity index (χ2n) is 10.6. The first-order chi connectivity index (χ1) is 20.3. The van der Waals surface area contributed by atoms with Crippen LogP contribution in [-0.2, 0) is 16.6 Å². The Balaban J connectivity index is 1.28. The van der Waals surface area contributed by atoms with Gasteiger partial charge >= 0.3 is 0 Å². The van der Waals surface area contributed by atoms with E-state index < -0.39 is 16.2 Å². The smallest absolute Gasteiger partial charge is 0.270 e. The molecule has 2 aromatic heterocycles. The van der Waals surface area contributed by atoms with E-state index in [9.17, 15) is 12.8 Å².